The molecule has 100 valence electrons. The lowest BCUT2D eigenvalue weighted by Crippen LogP contribution is -2.44. The van der Waals surface area contributed by atoms with Crippen LogP contribution in [0.15, 0.2) is 48.5 Å². The van der Waals surface area contributed by atoms with Crippen LogP contribution in [0.5, 0.6) is 0 Å². The molecule has 0 heterocycles. The third kappa shape index (κ3) is 1.97. The molecule has 0 radical (unpaired) electrons. The average Bonchev–Trinajstić information content (AvgIpc) is 2.44. The summed E-state index contributed by atoms with van der Waals surface area (Å²) in [6, 6.07) is 15.3. The zero-order chi connectivity index (χ0) is 14.3. The second kappa shape index (κ2) is 4.71. The van der Waals surface area contributed by atoms with Crippen LogP contribution in [0.3, 0.4) is 0 Å². The van der Waals surface area contributed by atoms with Gasteiger partial charge >= 0.3 is 0 Å². The van der Waals surface area contributed by atoms with Gasteiger partial charge in [-0.15, -0.1) is 0 Å². The third-order valence-corrected chi connectivity index (χ3v) is 3.96. The fourth-order valence-electron chi connectivity index (χ4n) is 2.69. The molecule has 0 N–H and O–H groups in total. The van der Waals surface area contributed by atoms with E-state index in [1.807, 2.05) is 62.4 Å². The molecule has 1 saturated carbocycles. The van der Waals surface area contributed by atoms with E-state index in [4.69, 9.17) is 0 Å². The minimum absolute atomic E-state index is 0.0164. The Morgan fingerprint density at radius 2 is 0.900 bits per heavy atom. The van der Waals surface area contributed by atoms with Gasteiger partial charge in [-0.2, -0.15) is 0 Å². The van der Waals surface area contributed by atoms with Crippen molar-refractivity contribution in [3.63, 3.8) is 0 Å². The third-order valence-electron chi connectivity index (χ3n) is 3.96. The number of benzene rings is 2. The first-order chi connectivity index (χ1) is 9.58. The summed E-state index contributed by atoms with van der Waals surface area (Å²) in [5.41, 5.74) is 3.88. The molecule has 0 amide bonds. The summed E-state index contributed by atoms with van der Waals surface area (Å²) in [5.74, 6) is -1.10. The fraction of sp³-hybridized carbons (Fsp3) is 0.222. The smallest absolute Gasteiger partial charge is 0.162 e. The molecule has 0 aromatic heterocycles. The van der Waals surface area contributed by atoms with Crippen LogP contribution in [-0.4, -0.2) is 11.6 Å². The van der Waals surface area contributed by atoms with Crippen LogP contribution in [0.2, 0.25) is 0 Å². The van der Waals surface area contributed by atoms with E-state index in [1.165, 1.54) is 0 Å². The van der Waals surface area contributed by atoms with E-state index in [1.54, 1.807) is 0 Å². The molecule has 2 aromatic carbocycles. The van der Waals surface area contributed by atoms with Crippen LogP contribution in [0.25, 0.3) is 0 Å². The molecule has 0 aliphatic heterocycles. The van der Waals surface area contributed by atoms with Gasteiger partial charge in [0.25, 0.3) is 0 Å². The maximum absolute atomic E-state index is 12.3. The Balaban J connectivity index is 1.86. The van der Waals surface area contributed by atoms with Gasteiger partial charge in [0.1, 0.15) is 11.8 Å². The van der Waals surface area contributed by atoms with Crippen molar-refractivity contribution in [3.8, 4) is 0 Å². The van der Waals surface area contributed by atoms with Crippen LogP contribution in [0.4, 0.5) is 0 Å². The van der Waals surface area contributed by atoms with E-state index >= 15 is 0 Å². The topological polar surface area (TPSA) is 34.1 Å². The van der Waals surface area contributed by atoms with E-state index in [0.717, 1.165) is 22.3 Å². The molecular weight excluding hydrogens is 248 g/mol. The molecule has 1 aliphatic carbocycles. The highest BCUT2D eigenvalue weighted by molar-refractivity contribution is 6.31. The van der Waals surface area contributed by atoms with Gasteiger partial charge in [-0.05, 0) is 25.0 Å². The van der Waals surface area contributed by atoms with Gasteiger partial charge in [0.15, 0.2) is 11.6 Å². The molecule has 2 heteroatoms. The first-order valence-electron chi connectivity index (χ1n) is 6.78. The van der Waals surface area contributed by atoms with E-state index in [0.29, 0.717) is 0 Å². The molecule has 20 heavy (non-hydrogen) atoms. The molecule has 0 bridgehead atoms. The molecular formula is C18H16O2. The van der Waals surface area contributed by atoms with Crippen molar-refractivity contribution in [1.82, 2.24) is 0 Å². The highest BCUT2D eigenvalue weighted by Crippen LogP contribution is 2.40. The molecule has 1 fully saturated rings. The Labute approximate surface area is 118 Å². The van der Waals surface area contributed by atoms with Gasteiger partial charge in [-0.3, -0.25) is 9.59 Å². The number of carbonyl (C=O) groups excluding carboxylic acids is 2. The minimum atomic E-state index is -0.568. The maximum Gasteiger partial charge on any atom is 0.162 e. The number of hydrogen-bond acceptors (Lipinski definition) is 2. The minimum Gasteiger partial charge on any atom is -0.297 e. The number of aryl methyl sites for hydroxylation is 2. The highest BCUT2D eigenvalue weighted by Gasteiger charge is 2.50. The van der Waals surface area contributed by atoms with Gasteiger partial charge in [0, 0.05) is 0 Å². The van der Waals surface area contributed by atoms with E-state index in [2.05, 4.69) is 0 Å². The Bertz CT molecular complexity index is 592. The zero-order valence-corrected chi connectivity index (χ0v) is 11.6. The Kier molecular flexibility index (Phi) is 3.01. The Hall–Kier alpha value is -2.22. The summed E-state index contributed by atoms with van der Waals surface area (Å²) >= 11 is 0. The van der Waals surface area contributed by atoms with Crippen molar-refractivity contribution >= 4 is 11.6 Å². The highest BCUT2D eigenvalue weighted by atomic mass is 16.2. The van der Waals surface area contributed by atoms with E-state index < -0.39 is 11.8 Å². The SMILES string of the molecule is Cc1ccc(C2C(=O)C(c3ccc(C)cc3)C2=O)cc1. The van der Waals surface area contributed by atoms with Crippen LogP contribution < -0.4 is 0 Å². The summed E-state index contributed by atoms with van der Waals surface area (Å²) in [7, 11) is 0. The van der Waals surface area contributed by atoms with E-state index in [-0.39, 0.29) is 11.6 Å². The summed E-state index contributed by atoms with van der Waals surface area (Å²) in [4.78, 5) is 24.6. The number of hydrogen-bond donors (Lipinski definition) is 0. The first-order valence-corrected chi connectivity index (χ1v) is 6.78. The molecule has 0 spiro atoms. The van der Waals surface area contributed by atoms with Crippen molar-refractivity contribution in [3.05, 3.63) is 70.8 Å². The Morgan fingerprint density at radius 3 is 1.20 bits per heavy atom. The first kappa shape index (κ1) is 12.8. The lowest BCUT2D eigenvalue weighted by atomic mass is 9.66. The number of rotatable bonds is 2. The number of carbonyl (C=O) groups is 2. The predicted molar refractivity (Wildman–Crippen MR) is 77.9 cm³/mol. The summed E-state index contributed by atoms with van der Waals surface area (Å²) < 4.78 is 0. The second-order valence-electron chi connectivity index (χ2n) is 5.49. The average molecular weight is 264 g/mol. The monoisotopic (exact) mass is 264 g/mol. The van der Waals surface area contributed by atoms with Gasteiger partial charge in [0.2, 0.25) is 0 Å². The molecule has 0 unspecified atom stereocenters. The van der Waals surface area contributed by atoms with Crippen LogP contribution in [-0.2, 0) is 9.59 Å². The van der Waals surface area contributed by atoms with E-state index in [9.17, 15) is 9.59 Å². The van der Waals surface area contributed by atoms with Crippen molar-refractivity contribution in [2.75, 3.05) is 0 Å². The maximum atomic E-state index is 12.3. The molecule has 1 aliphatic rings. The van der Waals surface area contributed by atoms with Crippen molar-refractivity contribution in [2.45, 2.75) is 25.7 Å². The predicted octanol–water partition coefficient (Wildman–Crippen LogP) is 3.32. The van der Waals surface area contributed by atoms with Gasteiger partial charge < -0.3 is 0 Å². The Morgan fingerprint density at radius 1 is 0.600 bits per heavy atom. The van der Waals surface area contributed by atoms with Gasteiger partial charge in [0.05, 0.1) is 0 Å². The largest absolute Gasteiger partial charge is 0.297 e. The summed E-state index contributed by atoms with van der Waals surface area (Å²) in [6.45, 7) is 3.98. The van der Waals surface area contributed by atoms with Crippen LogP contribution in [0, 0.1) is 13.8 Å². The van der Waals surface area contributed by atoms with Gasteiger partial charge in [-0.25, -0.2) is 0 Å². The molecule has 2 nitrogen and oxygen atoms in total. The van der Waals surface area contributed by atoms with Crippen LogP contribution in [0.1, 0.15) is 34.1 Å². The summed E-state index contributed by atoms with van der Waals surface area (Å²) in [5, 5.41) is 0. The standard InChI is InChI=1S/C18H16O2/c1-11-3-7-13(8-4-11)15-17(19)16(18(15)20)14-9-5-12(2)6-10-14/h3-10,15-16H,1-2H3. The molecule has 0 atom stereocenters. The quantitative estimate of drug-likeness (QED) is 0.780. The molecule has 3 rings (SSSR count). The number of Topliss-reactive ketones (excluding diaryl/α,β-unsaturated/α-hetero) is 2. The lowest BCUT2D eigenvalue weighted by molar-refractivity contribution is -0.142. The van der Waals surface area contributed by atoms with Crippen molar-refractivity contribution < 1.29 is 9.59 Å². The zero-order valence-electron chi connectivity index (χ0n) is 11.6. The number of ketones is 2. The molecule has 0 saturated heterocycles. The normalized spacial score (nSPS) is 21.7. The van der Waals surface area contributed by atoms with Crippen molar-refractivity contribution in [2.24, 2.45) is 0 Å². The molecule has 2 aromatic rings. The summed E-state index contributed by atoms with van der Waals surface area (Å²) in [6.07, 6.45) is 0. The van der Waals surface area contributed by atoms with Crippen molar-refractivity contribution in [1.29, 1.82) is 0 Å². The van der Waals surface area contributed by atoms with Crippen LogP contribution >= 0.6 is 0 Å². The fourth-order valence-corrected chi connectivity index (χ4v) is 2.69. The second-order valence-corrected chi connectivity index (χ2v) is 5.49. The lowest BCUT2D eigenvalue weighted by Gasteiger charge is -2.32. The van der Waals surface area contributed by atoms with Gasteiger partial charge in [-0.1, -0.05) is 59.7 Å².